The minimum atomic E-state index is 0.882. The molecule has 122 valence electrons. The summed E-state index contributed by atoms with van der Waals surface area (Å²) >= 11 is 5.27. The van der Waals surface area contributed by atoms with Crippen LogP contribution in [-0.4, -0.2) is 45.4 Å². The maximum Gasteiger partial charge on any atom is 0.181 e. The first-order valence-electron chi connectivity index (χ1n) is 8.12. The zero-order valence-corrected chi connectivity index (χ0v) is 15.6. The molecule has 0 aromatic carbocycles. The van der Waals surface area contributed by atoms with E-state index >= 15 is 0 Å². The molecule has 5 nitrogen and oxygen atoms in total. The highest BCUT2D eigenvalue weighted by atomic mass is 79.9. The SMILES string of the molecule is Cc1cnc2c(NCCN3CCCCC3)nc3cc(Br)sc3n12. The second-order valence-corrected chi connectivity index (χ2v) is 8.50. The van der Waals surface area contributed by atoms with E-state index < -0.39 is 0 Å². The molecular formula is C16H20BrN5S. The molecule has 0 atom stereocenters. The molecular weight excluding hydrogens is 374 g/mol. The molecule has 0 aliphatic carbocycles. The van der Waals surface area contributed by atoms with Gasteiger partial charge in [-0.1, -0.05) is 6.42 Å². The van der Waals surface area contributed by atoms with E-state index in [1.807, 2.05) is 6.20 Å². The molecule has 3 aromatic heterocycles. The summed E-state index contributed by atoms with van der Waals surface area (Å²) in [5, 5.41) is 3.50. The Bertz CT molecular complexity index is 834. The van der Waals surface area contributed by atoms with Crippen molar-refractivity contribution in [2.24, 2.45) is 0 Å². The quantitative estimate of drug-likeness (QED) is 0.729. The van der Waals surface area contributed by atoms with Crippen LogP contribution in [0.4, 0.5) is 5.82 Å². The topological polar surface area (TPSA) is 45.5 Å². The molecule has 0 saturated carbocycles. The Labute approximate surface area is 147 Å². The number of aromatic nitrogens is 3. The van der Waals surface area contributed by atoms with Crippen LogP contribution in [0.15, 0.2) is 16.0 Å². The summed E-state index contributed by atoms with van der Waals surface area (Å²) in [7, 11) is 0. The molecule has 0 unspecified atom stereocenters. The number of hydrogen-bond donors (Lipinski definition) is 1. The van der Waals surface area contributed by atoms with Gasteiger partial charge in [0.1, 0.15) is 10.3 Å². The third kappa shape index (κ3) is 2.97. The number of halogens is 1. The maximum atomic E-state index is 4.79. The van der Waals surface area contributed by atoms with Crippen molar-refractivity contribution in [1.29, 1.82) is 0 Å². The van der Waals surface area contributed by atoms with Crippen molar-refractivity contribution in [2.45, 2.75) is 26.2 Å². The fourth-order valence-corrected chi connectivity index (χ4v) is 4.81. The van der Waals surface area contributed by atoms with E-state index in [0.717, 1.165) is 44.4 Å². The first-order valence-corrected chi connectivity index (χ1v) is 9.72. The van der Waals surface area contributed by atoms with Gasteiger partial charge in [-0.2, -0.15) is 0 Å². The van der Waals surface area contributed by atoms with Crippen molar-refractivity contribution < 1.29 is 0 Å². The van der Waals surface area contributed by atoms with Crippen LogP contribution < -0.4 is 5.32 Å². The van der Waals surface area contributed by atoms with Gasteiger partial charge in [-0.3, -0.25) is 4.40 Å². The highest BCUT2D eigenvalue weighted by Gasteiger charge is 2.15. The Morgan fingerprint density at radius 2 is 2.13 bits per heavy atom. The molecule has 1 aliphatic rings. The van der Waals surface area contributed by atoms with Gasteiger partial charge in [0.05, 0.1) is 3.79 Å². The zero-order chi connectivity index (χ0) is 15.8. The van der Waals surface area contributed by atoms with Crippen LogP contribution in [-0.2, 0) is 0 Å². The van der Waals surface area contributed by atoms with Crippen LogP contribution >= 0.6 is 27.3 Å². The number of thiophene rings is 1. The van der Waals surface area contributed by atoms with Crippen LogP contribution in [0.5, 0.6) is 0 Å². The van der Waals surface area contributed by atoms with Crippen molar-refractivity contribution >= 4 is 49.1 Å². The van der Waals surface area contributed by atoms with E-state index in [-0.39, 0.29) is 0 Å². The molecule has 7 heteroatoms. The van der Waals surface area contributed by atoms with Crippen molar-refractivity contribution in [3.63, 3.8) is 0 Å². The minimum absolute atomic E-state index is 0.882. The number of likely N-dealkylation sites (tertiary alicyclic amines) is 1. The van der Waals surface area contributed by atoms with E-state index in [4.69, 9.17) is 4.98 Å². The van der Waals surface area contributed by atoms with Crippen LogP contribution in [0.2, 0.25) is 0 Å². The van der Waals surface area contributed by atoms with Gasteiger partial charge >= 0.3 is 0 Å². The van der Waals surface area contributed by atoms with Crippen LogP contribution in [0.3, 0.4) is 0 Å². The van der Waals surface area contributed by atoms with Gasteiger partial charge in [0.25, 0.3) is 0 Å². The fraction of sp³-hybridized carbons (Fsp3) is 0.500. The summed E-state index contributed by atoms with van der Waals surface area (Å²) in [6.45, 7) is 6.52. The van der Waals surface area contributed by atoms with Gasteiger partial charge in [0, 0.05) is 25.0 Å². The number of nitrogens with one attached hydrogen (secondary N) is 1. The number of nitrogens with zero attached hydrogens (tertiary/aromatic N) is 4. The largest absolute Gasteiger partial charge is 0.366 e. The Morgan fingerprint density at radius 1 is 1.30 bits per heavy atom. The summed E-state index contributed by atoms with van der Waals surface area (Å²) in [6.07, 6.45) is 5.96. The predicted octanol–water partition coefficient (Wildman–Crippen LogP) is 3.91. The molecule has 1 N–H and O–H groups in total. The summed E-state index contributed by atoms with van der Waals surface area (Å²) in [6, 6.07) is 2.08. The molecule has 0 radical (unpaired) electrons. The Morgan fingerprint density at radius 3 is 2.96 bits per heavy atom. The van der Waals surface area contributed by atoms with E-state index in [2.05, 4.69) is 48.5 Å². The fourth-order valence-electron chi connectivity index (χ4n) is 3.25. The minimum Gasteiger partial charge on any atom is -0.366 e. The Kier molecular flexibility index (Phi) is 4.26. The van der Waals surface area contributed by atoms with Crippen molar-refractivity contribution in [3.8, 4) is 0 Å². The number of hydrogen-bond acceptors (Lipinski definition) is 5. The first kappa shape index (κ1) is 15.4. The molecule has 0 amide bonds. The van der Waals surface area contributed by atoms with E-state index in [1.165, 1.54) is 32.4 Å². The highest BCUT2D eigenvalue weighted by Crippen LogP contribution is 2.32. The highest BCUT2D eigenvalue weighted by molar-refractivity contribution is 9.11. The lowest BCUT2D eigenvalue weighted by atomic mass is 10.1. The molecule has 4 heterocycles. The van der Waals surface area contributed by atoms with Gasteiger partial charge in [0.15, 0.2) is 11.5 Å². The molecule has 4 rings (SSSR count). The number of anilines is 1. The van der Waals surface area contributed by atoms with E-state index in [9.17, 15) is 0 Å². The average Bonchev–Trinajstić information content (AvgIpc) is 3.11. The molecule has 0 bridgehead atoms. The van der Waals surface area contributed by atoms with E-state index in [1.54, 1.807) is 11.3 Å². The number of fused-ring (bicyclic) bond motifs is 3. The monoisotopic (exact) mass is 393 g/mol. The second kappa shape index (κ2) is 6.37. The van der Waals surface area contributed by atoms with Crippen molar-refractivity contribution in [2.75, 3.05) is 31.5 Å². The first-order chi connectivity index (χ1) is 11.2. The number of piperidine rings is 1. The predicted molar refractivity (Wildman–Crippen MR) is 99.6 cm³/mol. The van der Waals surface area contributed by atoms with Crippen LogP contribution in [0.25, 0.3) is 16.0 Å². The summed E-state index contributed by atoms with van der Waals surface area (Å²) in [4.78, 5) is 13.0. The lowest BCUT2D eigenvalue weighted by Gasteiger charge is -2.26. The lowest BCUT2D eigenvalue weighted by Crippen LogP contribution is -2.33. The molecule has 1 aliphatic heterocycles. The Hall–Kier alpha value is -1.18. The molecule has 1 saturated heterocycles. The van der Waals surface area contributed by atoms with Gasteiger partial charge in [-0.25, -0.2) is 9.97 Å². The lowest BCUT2D eigenvalue weighted by molar-refractivity contribution is 0.237. The Balaban J connectivity index is 1.60. The maximum absolute atomic E-state index is 4.79. The average molecular weight is 394 g/mol. The van der Waals surface area contributed by atoms with E-state index in [0.29, 0.717) is 0 Å². The molecule has 0 spiro atoms. The molecule has 1 fully saturated rings. The van der Waals surface area contributed by atoms with Gasteiger partial charge in [0.2, 0.25) is 0 Å². The number of rotatable bonds is 4. The van der Waals surface area contributed by atoms with Gasteiger partial charge in [-0.05, 0) is 54.9 Å². The standard InChI is InChI=1S/C16H20BrN5S/c1-11-10-19-15-14(18-5-8-21-6-3-2-4-7-21)20-12-9-13(17)23-16(12)22(11)15/h9-10H,2-8H2,1H3,(H,18,20). The van der Waals surface area contributed by atoms with Gasteiger partial charge < -0.3 is 10.2 Å². The number of imidazole rings is 1. The van der Waals surface area contributed by atoms with Crippen molar-refractivity contribution in [3.05, 3.63) is 21.7 Å². The summed E-state index contributed by atoms with van der Waals surface area (Å²) in [5.74, 6) is 0.882. The molecule has 23 heavy (non-hydrogen) atoms. The third-order valence-corrected chi connectivity index (χ3v) is 6.03. The smallest absolute Gasteiger partial charge is 0.181 e. The zero-order valence-electron chi connectivity index (χ0n) is 13.2. The van der Waals surface area contributed by atoms with Gasteiger partial charge in [-0.15, -0.1) is 11.3 Å². The second-order valence-electron chi connectivity index (χ2n) is 6.09. The van der Waals surface area contributed by atoms with Crippen LogP contribution in [0.1, 0.15) is 25.0 Å². The number of aryl methyl sites for hydroxylation is 1. The normalized spacial score (nSPS) is 16.4. The summed E-state index contributed by atoms with van der Waals surface area (Å²) in [5.41, 5.74) is 3.07. The van der Waals surface area contributed by atoms with Crippen LogP contribution in [0, 0.1) is 6.92 Å². The molecule has 3 aromatic rings. The summed E-state index contributed by atoms with van der Waals surface area (Å²) < 4.78 is 3.29. The third-order valence-electron chi connectivity index (χ3n) is 4.42. The van der Waals surface area contributed by atoms with Crippen molar-refractivity contribution in [1.82, 2.24) is 19.3 Å².